The molecule has 2 aliphatic heterocycles. The summed E-state index contributed by atoms with van der Waals surface area (Å²) in [6.07, 6.45) is 2.76. The lowest BCUT2D eigenvalue weighted by Crippen LogP contribution is -2.53. The predicted molar refractivity (Wildman–Crippen MR) is 127 cm³/mol. The molecule has 2 fully saturated rings. The van der Waals surface area contributed by atoms with Crippen LogP contribution in [-0.4, -0.2) is 78.8 Å². The lowest BCUT2D eigenvalue weighted by atomic mass is 10.1. The number of amides is 3. The van der Waals surface area contributed by atoms with Crippen LogP contribution in [0.15, 0.2) is 53.4 Å². The van der Waals surface area contributed by atoms with Gasteiger partial charge in [-0.3, -0.25) is 4.79 Å². The Morgan fingerprint density at radius 1 is 0.824 bits per heavy atom. The molecule has 34 heavy (non-hydrogen) atoms. The first-order valence-electron chi connectivity index (χ1n) is 11.6. The minimum absolute atomic E-state index is 0.100. The number of urea groups is 1. The summed E-state index contributed by atoms with van der Waals surface area (Å²) in [7, 11) is -3.60. The maximum absolute atomic E-state index is 13.1. The fourth-order valence-electron chi connectivity index (χ4n) is 4.33. The molecule has 0 spiro atoms. The van der Waals surface area contributed by atoms with Crippen molar-refractivity contribution in [3.63, 3.8) is 0 Å². The van der Waals surface area contributed by atoms with Crippen molar-refractivity contribution in [1.82, 2.24) is 19.4 Å². The summed E-state index contributed by atoms with van der Waals surface area (Å²) in [6.45, 7) is 2.70. The Hall–Kier alpha value is -3.11. The number of piperazine rings is 1. The van der Waals surface area contributed by atoms with Gasteiger partial charge < -0.3 is 20.2 Å². The van der Waals surface area contributed by atoms with E-state index in [1.807, 2.05) is 0 Å². The molecule has 2 saturated heterocycles. The number of carbonyl (C=O) groups excluding carboxylic acids is 2. The first-order valence-corrected chi connectivity index (χ1v) is 13.0. The molecule has 2 aromatic carbocycles. The van der Waals surface area contributed by atoms with E-state index in [9.17, 15) is 23.1 Å². The van der Waals surface area contributed by atoms with Gasteiger partial charge in [0.2, 0.25) is 10.0 Å². The molecule has 0 bridgehead atoms. The molecule has 10 heteroatoms. The molecule has 4 rings (SSSR count). The molecular weight excluding hydrogens is 456 g/mol. The monoisotopic (exact) mass is 486 g/mol. The Bertz CT molecular complexity index is 1120. The van der Waals surface area contributed by atoms with Gasteiger partial charge >= 0.3 is 6.03 Å². The summed E-state index contributed by atoms with van der Waals surface area (Å²) >= 11 is 0. The number of hydrogen-bond acceptors (Lipinski definition) is 5. The van der Waals surface area contributed by atoms with Crippen LogP contribution in [0.25, 0.3) is 0 Å². The number of phenols is 1. The molecule has 0 aliphatic carbocycles. The zero-order chi connectivity index (χ0) is 24.1. The molecular formula is C24H30N4O5S. The van der Waals surface area contributed by atoms with Gasteiger partial charge in [-0.2, -0.15) is 4.31 Å². The maximum atomic E-state index is 13.1. The van der Waals surface area contributed by atoms with Crippen molar-refractivity contribution in [2.45, 2.75) is 30.7 Å². The Balaban J connectivity index is 1.33. The van der Waals surface area contributed by atoms with Crippen LogP contribution in [-0.2, 0) is 16.6 Å². The second kappa shape index (κ2) is 10.4. The van der Waals surface area contributed by atoms with Gasteiger partial charge in [0, 0.05) is 51.4 Å². The lowest BCUT2D eigenvalue weighted by Gasteiger charge is -2.34. The summed E-state index contributed by atoms with van der Waals surface area (Å²) in [5.41, 5.74) is 1.05. The molecule has 0 saturated carbocycles. The van der Waals surface area contributed by atoms with Crippen LogP contribution in [0, 0.1) is 0 Å². The van der Waals surface area contributed by atoms with Crippen molar-refractivity contribution in [2.24, 2.45) is 0 Å². The number of rotatable bonds is 5. The van der Waals surface area contributed by atoms with Gasteiger partial charge in [0.1, 0.15) is 5.75 Å². The summed E-state index contributed by atoms with van der Waals surface area (Å²) in [6, 6.07) is 12.6. The number of aromatic hydroxyl groups is 1. The summed E-state index contributed by atoms with van der Waals surface area (Å²) in [5.74, 6) is -0.0414. The van der Waals surface area contributed by atoms with Gasteiger partial charge in [-0.05, 0) is 48.7 Å². The second-order valence-electron chi connectivity index (χ2n) is 8.56. The number of nitrogens with zero attached hydrogens (tertiary/aromatic N) is 3. The van der Waals surface area contributed by atoms with Crippen LogP contribution in [0.5, 0.6) is 5.75 Å². The third kappa shape index (κ3) is 5.34. The highest BCUT2D eigenvalue weighted by molar-refractivity contribution is 7.89. The van der Waals surface area contributed by atoms with E-state index in [0.29, 0.717) is 50.4 Å². The molecule has 2 aromatic rings. The third-order valence-electron chi connectivity index (χ3n) is 6.30. The summed E-state index contributed by atoms with van der Waals surface area (Å²) in [4.78, 5) is 28.9. The number of carbonyl (C=O) groups is 2. The van der Waals surface area contributed by atoms with Crippen LogP contribution in [0.2, 0.25) is 0 Å². The number of piperidine rings is 1. The molecule has 9 nitrogen and oxygen atoms in total. The minimum Gasteiger partial charge on any atom is -0.508 e. The van der Waals surface area contributed by atoms with Crippen molar-refractivity contribution in [1.29, 1.82) is 0 Å². The largest absolute Gasteiger partial charge is 0.508 e. The molecule has 2 heterocycles. The van der Waals surface area contributed by atoms with Crippen LogP contribution in [0.1, 0.15) is 35.2 Å². The van der Waals surface area contributed by atoms with E-state index in [1.165, 1.54) is 16.4 Å². The van der Waals surface area contributed by atoms with Gasteiger partial charge in [0.25, 0.3) is 5.91 Å². The van der Waals surface area contributed by atoms with Crippen molar-refractivity contribution in [2.75, 3.05) is 39.3 Å². The Labute approximate surface area is 200 Å². The zero-order valence-corrected chi connectivity index (χ0v) is 19.8. The van der Waals surface area contributed by atoms with Gasteiger partial charge in [-0.25, -0.2) is 13.2 Å². The van der Waals surface area contributed by atoms with Crippen molar-refractivity contribution in [3.05, 3.63) is 59.7 Å². The number of phenolic OH excluding ortho intramolecular Hbond substituents is 1. The van der Waals surface area contributed by atoms with E-state index in [2.05, 4.69) is 5.32 Å². The van der Waals surface area contributed by atoms with Gasteiger partial charge in [0.15, 0.2) is 0 Å². The lowest BCUT2D eigenvalue weighted by molar-refractivity contribution is 0.0665. The standard InChI is InChI=1S/C24H30N4O5S/c29-21-10-8-19(9-11-21)23(30)26-14-16-27(17-15-26)24(31)25-18-20-6-2-3-7-22(20)34(32,33)28-12-4-1-5-13-28/h2-3,6-11,29H,1,4-5,12-18H2,(H,25,31). The molecule has 2 aliphatic rings. The predicted octanol–water partition coefficient (Wildman–Crippen LogP) is 2.23. The van der Waals surface area contributed by atoms with Crippen LogP contribution in [0.4, 0.5) is 4.79 Å². The quantitative estimate of drug-likeness (QED) is 0.674. The van der Waals surface area contributed by atoms with Crippen molar-refractivity contribution >= 4 is 22.0 Å². The average molecular weight is 487 g/mol. The number of nitrogens with one attached hydrogen (secondary N) is 1. The van der Waals surface area contributed by atoms with Crippen LogP contribution >= 0.6 is 0 Å². The van der Waals surface area contributed by atoms with Crippen molar-refractivity contribution < 1.29 is 23.1 Å². The highest BCUT2D eigenvalue weighted by Gasteiger charge is 2.29. The first kappa shape index (κ1) is 24.0. The normalized spacial score (nSPS) is 17.4. The van der Waals surface area contributed by atoms with Crippen LogP contribution < -0.4 is 5.32 Å². The Kier molecular flexibility index (Phi) is 7.38. The second-order valence-corrected chi connectivity index (χ2v) is 10.5. The molecule has 3 amide bonds. The average Bonchev–Trinajstić information content (AvgIpc) is 2.88. The Morgan fingerprint density at radius 3 is 2.12 bits per heavy atom. The topological polar surface area (TPSA) is 110 Å². The molecule has 0 unspecified atom stereocenters. The molecule has 182 valence electrons. The van der Waals surface area contributed by atoms with Crippen molar-refractivity contribution in [3.8, 4) is 5.75 Å². The molecule has 2 N–H and O–H groups in total. The number of benzene rings is 2. The van der Waals surface area contributed by atoms with E-state index in [4.69, 9.17) is 0 Å². The maximum Gasteiger partial charge on any atom is 0.317 e. The molecule has 0 radical (unpaired) electrons. The van der Waals surface area contributed by atoms with Gasteiger partial charge in [-0.1, -0.05) is 24.6 Å². The summed E-state index contributed by atoms with van der Waals surface area (Å²) < 4.78 is 27.8. The third-order valence-corrected chi connectivity index (χ3v) is 8.30. The fourth-order valence-corrected chi connectivity index (χ4v) is 6.07. The first-order chi connectivity index (χ1) is 16.4. The van der Waals surface area contributed by atoms with E-state index in [0.717, 1.165) is 19.3 Å². The van der Waals surface area contributed by atoms with E-state index in [1.54, 1.807) is 46.2 Å². The smallest absolute Gasteiger partial charge is 0.317 e. The SMILES string of the molecule is O=C(NCc1ccccc1S(=O)(=O)N1CCCCC1)N1CCN(C(=O)c2ccc(O)cc2)CC1. The zero-order valence-electron chi connectivity index (χ0n) is 19.0. The Morgan fingerprint density at radius 2 is 1.44 bits per heavy atom. The fraction of sp³-hybridized carbons (Fsp3) is 0.417. The number of sulfonamides is 1. The van der Waals surface area contributed by atoms with E-state index in [-0.39, 0.29) is 29.1 Å². The highest BCUT2D eigenvalue weighted by Crippen LogP contribution is 2.23. The van der Waals surface area contributed by atoms with E-state index < -0.39 is 10.0 Å². The van der Waals surface area contributed by atoms with E-state index >= 15 is 0 Å². The van der Waals surface area contributed by atoms with Gasteiger partial charge in [0.05, 0.1) is 4.90 Å². The molecule has 0 aromatic heterocycles. The van der Waals surface area contributed by atoms with Crippen LogP contribution in [0.3, 0.4) is 0 Å². The molecule has 0 atom stereocenters. The highest BCUT2D eigenvalue weighted by atomic mass is 32.2. The minimum atomic E-state index is -3.60. The van der Waals surface area contributed by atoms with Gasteiger partial charge in [-0.15, -0.1) is 0 Å². The number of hydrogen-bond donors (Lipinski definition) is 2. The summed E-state index contributed by atoms with van der Waals surface area (Å²) in [5, 5.41) is 12.2.